The monoisotopic (exact) mass is 438 g/mol. The van der Waals surface area contributed by atoms with Crippen LogP contribution >= 0.6 is 15.9 Å². The first-order valence-corrected chi connectivity index (χ1v) is 9.25. The molecule has 0 atom stereocenters. The van der Waals surface area contributed by atoms with Gasteiger partial charge in [0.2, 0.25) is 11.8 Å². The zero-order chi connectivity index (χ0) is 19.8. The Kier molecular flexibility index (Phi) is 4.60. The summed E-state index contributed by atoms with van der Waals surface area (Å²) in [5.41, 5.74) is 2.11. The predicted octanol–water partition coefficient (Wildman–Crippen LogP) is 4.42. The molecule has 1 aromatic heterocycles. The molecule has 0 fully saturated rings. The topological polar surface area (TPSA) is 69.9 Å². The Labute approximate surface area is 169 Å². The van der Waals surface area contributed by atoms with Crippen LogP contribution in [0.5, 0.6) is 5.75 Å². The highest BCUT2D eigenvalue weighted by Gasteiger charge is 2.25. The van der Waals surface area contributed by atoms with Gasteiger partial charge in [-0.25, -0.2) is 9.79 Å². The van der Waals surface area contributed by atoms with Gasteiger partial charge in [-0.15, -0.1) is 0 Å². The second-order valence-electron chi connectivity index (χ2n) is 6.17. The summed E-state index contributed by atoms with van der Waals surface area (Å²) >= 11 is 3.41. The van der Waals surface area contributed by atoms with Gasteiger partial charge in [0, 0.05) is 17.9 Å². The second kappa shape index (κ2) is 7.09. The lowest BCUT2D eigenvalue weighted by Crippen LogP contribution is -2.08. The maximum Gasteiger partial charge on any atom is 0.363 e. The van der Waals surface area contributed by atoms with Crippen LogP contribution in [0.3, 0.4) is 0 Å². The van der Waals surface area contributed by atoms with Gasteiger partial charge >= 0.3 is 5.97 Å². The number of aromatic nitrogens is 1. The Balaban J connectivity index is 1.77. The average molecular weight is 439 g/mol. The van der Waals surface area contributed by atoms with Gasteiger partial charge in [-0.3, -0.25) is 9.36 Å². The molecule has 0 unspecified atom stereocenters. The highest BCUT2D eigenvalue weighted by molar-refractivity contribution is 9.10. The molecule has 1 aliphatic rings. The minimum atomic E-state index is -0.567. The molecule has 0 radical (unpaired) electrons. The third-order valence-corrected chi connectivity index (χ3v) is 4.98. The van der Waals surface area contributed by atoms with Crippen molar-refractivity contribution in [3.63, 3.8) is 0 Å². The number of hydrogen-bond donors (Lipinski definition) is 0. The van der Waals surface area contributed by atoms with Crippen molar-refractivity contribution in [2.45, 2.75) is 6.92 Å². The largest absolute Gasteiger partial charge is 0.496 e. The fourth-order valence-corrected chi connectivity index (χ4v) is 3.65. The molecule has 0 saturated carbocycles. The molecular formula is C21H15BrN2O4. The number of fused-ring (bicyclic) bond motifs is 1. The van der Waals surface area contributed by atoms with E-state index in [-0.39, 0.29) is 17.5 Å². The molecule has 0 aliphatic carbocycles. The van der Waals surface area contributed by atoms with E-state index in [2.05, 4.69) is 20.9 Å². The van der Waals surface area contributed by atoms with Gasteiger partial charge in [0.05, 0.1) is 22.8 Å². The summed E-state index contributed by atoms with van der Waals surface area (Å²) in [5.74, 6) is 0.144. The quantitative estimate of drug-likeness (QED) is 0.448. The van der Waals surface area contributed by atoms with Crippen LogP contribution in [0, 0.1) is 0 Å². The van der Waals surface area contributed by atoms with Crippen molar-refractivity contribution in [3.8, 4) is 5.75 Å². The normalized spacial score (nSPS) is 15.0. The highest BCUT2D eigenvalue weighted by Crippen LogP contribution is 2.28. The first kappa shape index (κ1) is 18.2. The smallest absolute Gasteiger partial charge is 0.363 e. The van der Waals surface area contributed by atoms with Gasteiger partial charge in [-0.05, 0) is 52.3 Å². The molecule has 28 heavy (non-hydrogen) atoms. The first-order chi connectivity index (χ1) is 13.5. The van der Waals surface area contributed by atoms with Crippen molar-refractivity contribution in [1.82, 2.24) is 4.57 Å². The fourth-order valence-electron chi connectivity index (χ4n) is 3.11. The third kappa shape index (κ3) is 3.14. The number of aliphatic imine (C=N–C) groups is 1. The fraction of sp³-hybridized carbons (Fsp3) is 0.0952. The number of benzene rings is 2. The van der Waals surface area contributed by atoms with E-state index in [1.807, 2.05) is 30.3 Å². The number of cyclic esters (lactones) is 1. The number of nitrogens with zero attached hydrogens (tertiary/aromatic N) is 2. The van der Waals surface area contributed by atoms with Gasteiger partial charge in [0.15, 0.2) is 5.70 Å². The molecule has 2 heterocycles. The van der Waals surface area contributed by atoms with Gasteiger partial charge in [-0.2, -0.15) is 0 Å². The summed E-state index contributed by atoms with van der Waals surface area (Å²) in [6, 6.07) is 14.6. The Morgan fingerprint density at radius 3 is 2.71 bits per heavy atom. The highest BCUT2D eigenvalue weighted by atomic mass is 79.9. The molecule has 0 amide bonds. The second-order valence-corrected chi connectivity index (χ2v) is 7.02. The lowest BCUT2D eigenvalue weighted by atomic mass is 10.2. The van der Waals surface area contributed by atoms with E-state index < -0.39 is 5.97 Å². The van der Waals surface area contributed by atoms with Crippen LogP contribution in [0.1, 0.15) is 23.0 Å². The van der Waals surface area contributed by atoms with Gasteiger partial charge in [0.25, 0.3) is 0 Å². The number of carbonyl (C=O) groups is 2. The number of esters is 1. The van der Waals surface area contributed by atoms with Crippen LogP contribution in [-0.4, -0.2) is 29.5 Å². The zero-order valence-corrected chi connectivity index (χ0v) is 16.7. The van der Waals surface area contributed by atoms with Crippen LogP contribution in [0.15, 0.2) is 63.7 Å². The minimum absolute atomic E-state index is 0.132. The zero-order valence-electron chi connectivity index (χ0n) is 15.1. The van der Waals surface area contributed by atoms with Crippen molar-refractivity contribution < 1.29 is 19.1 Å². The third-order valence-electron chi connectivity index (χ3n) is 4.36. The molecule has 6 nitrogen and oxygen atoms in total. The van der Waals surface area contributed by atoms with E-state index in [9.17, 15) is 9.59 Å². The van der Waals surface area contributed by atoms with Crippen molar-refractivity contribution in [2.24, 2.45) is 4.99 Å². The summed E-state index contributed by atoms with van der Waals surface area (Å²) in [7, 11) is 1.57. The Bertz CT molecular complexity index is 1190. The standard InChI is InChI=1S/C21H15BrN2O4/c1-12(25)24-15(9-13-5-3-4-6-18(13)24)11-17-21(26)28-20(23-17)14-7-8-19(27-2)16(22)10-14/h3-11H,1-2H3/b17-11+. The molecule has 0 bridgehead atoms. The van der Waals surface area contributed by atoms with E-state index in [0.29, 0.717) is 17.0 Å². The molecule has 3 aromatic rings. The summed E-state index contributed by atoms with van der Waals surface area (Å²) in [6.45, 7) is 1.48. The molecule has 7 heteroatoms. The number of halogens is 1. The number of hydrogen-bond acceptors (Lipinski definition) is 5. The van der Waals surface area contributed by atoms with Crippen molar-refractivity contribution >= 4 is 50.7 Å². The van der Waals surface area contributed by atoms with Crippen molar-refractivity contribution in [1.29, 1.82) is 0 Å². The summed E-state index contributed by atoms with van der Waals surface area (Å²) in [5, 5.41) is 0.902. The molecular weight excluding hydrogens is 424 g/mol. The predicted molar refractivity (Wildman–Crippen MR) is 110 cm³/mol. The molecule has 0 saturated heterocycles. The Hall–Kier alpha value is -3.19. The van der Waals surface area contributed by atoms with Gasteiger partial charge in [0.1, 0.15) is 5.75 Å². The number of rotatable bonds is 3. The minimum Gasteiger partial charge on any atom is -0.496 e. The van der Waals surface area contributed by atoms with Crippen LogP contribution in [-0.2, 0) is 9.53 Å². The van der Waals surface area contributed by atoms with Crippen LogP contribution in [0.25, 0.3) is 17.0 Å². The Morgan fingerprint density at radius 1 is 1.21 bits per heavy atom. The van der Waals surface area contributed by atoms with E-state index in [4.69, 9.17) is 9.47 Å². The van der Waals surface area contributed by atoms with Crippen molar-refractivity contribution in [3.05, 3.63) is 70.0 Å². The van der Waals surface area contributed by atoms with E-state index in [1.54, 1.807) is 36.0 Å². The number of carbonyl (C=O) groups excluding carboxylic acids is 2. The molecule has 1 aliphatic heterocycles. The number of para-hydroxylation sites is 1. The maximum absolute atomic E-state index is 12.3. The summed E-state index contributed by atoms with van der Waals surface area (Å²) in [4.78, 5) is 28.8. The summed E-state index contributed by atoms with van der Waals surface area (Å²) in [6.07, 6.45) is 1.56. The summed E-state index contributed by atoms with van der Waals surface area (Å²) < 4.78 is 12.8. The maximum atomic E-state index is 12.3. The lowest BCUT2D eigenvalue weighted by molar-refractivity contribution is -0.129. The Morgan fingerprint density at radius 2 is 2.00 bits per heavy atom. The molecule has 140 valence electrons. The van der Waals surface area contributed by atoms with Crippen LogP contribution in [0.2, 0.25) is 0 Å². The molecule has 0 spiro atoms. The lowest BCUT2D eigenvalue weighted by Gasteiger charge is -2.05. The molecule has 4 rings (SSSR count). The van der Waals surface area contributed by atoms with Crippen LogP contribution < -0.4 is 4.74 Å². The average Bonchev–Trinajstić information content (AvgIpc) is 3.22. The number of ether oxygens (including phenoxy) is 2. The first-order valence-electron chi connectivity index (χ1n) is 8.46. The molecule has 2 aromatic carbocycles. The van der Waals surface area contributed by atoms with Gasteiger partial charge in [-0.1, -0.05) is 18.2 Å². The SMILES string of the molecule is COc1ccc(C2=N/C(=C/c3cc4ccccc4n3C(C)=O)C(=O)O2)cc1Br. The van der Waals surface area contributed by atoms with E-state index in [0.717, 1.165) is 15.4 Å². The van der Waals surface area contributed by atoms with Gasteiger partial charge < -0.3 is 9.47 Å². The molecule has 0 N–H and O–H groups in total. The van der Waals surface area contributed by atoms with Crippen LogP contribution in [0.4, 0.5) is 0 Å². The van der Waals surface area contributed by atoms with E-state index in [1.165, 1.54) is 6.92 Å². The van der Waals surface area contributed by atoms with E-state index >= 15 is 0 Å². The van der Waals surface area contributed by atoms with Crippen molar-refractivity contribution in [2.75, 3.05) is 7.11 Å². The number of methoxy groups -OCH3 is 1.